The van der Waals surface area contributed by atoms with Crippen molar-refractivity contribution in [3.8, 4) is 0 Å². The Morgan fingerprint density at radius 3 is 2.67 bits per heavy atom. The highest BCUT2D eigenvalue weighted by Gasteiger charge is 2.26. The van der Waals surface area contributed by atoms with Crippen LogP contribution in [0.3, 0.4) is 0 Å². The number of aryl methyl sites for hydroxylation is 1. The highest BCUT2D eigenvalue weighted by Crippen LogP contribution is 2.24. The molecule has 5 nitrogen and oxygen atoms in total. The molecule has 1 heterocycles. The summed E-state index contributed by atoms with van der Waals surface area (Å²) in [5, 5.41) is 0. The van der Waals surface area contributed by atoms with Gasteiger partial charge in [0, 0.05) is 30.1 Å². The Bertz CT molecular complexity index is 902. The van der Waals surface area contributed by atoms with Gasteiger partial charge in [0.1, 0.15) is 10.7 Å². The van der Waals surface area contributed by atoms with Gasteiger partial charge in [-0.1, -0.05) is 45.8 Å². The standard InChI is InChI=1S/C19H22BrFN2O3S/c1-14-3-2-4-15(11-14)18(23-7-9-26-10-8-23)13-22-27(24,25)19-12-16(20)5-6-17(19)21/h2-6,11-12,18,22H,7-10,13H2,1H3. The molecule has 0 spiro atoms. The average Bonchev–Trinajstić information content (AvgIpc) is 2.65. The lowest BCUT2D eigenvalue weighted by Gasteiger charge is -2.35. The number of nitrogens with zero attached hydrogens (tertiary/aromatic N) is 1. The van der Waals surface area contributed by atoms with Gasteiger partial charge >= 0.3 is 0 Å². The lowest BCUT2D eigenvalue weighted by Crippen LogP contribution is -2.43. The van der Waals surface area contributed by atoms with E-state index in [2.05, 4.69) is 25.6 Å². The largest absolute Gasteiger partial charge is 0.379 e. The van der Waals surface area contributed by atoms with Crippen LogP contribution in [0.15, 0.2) is 51.8 Å². The lowest BCUT2D eigenvalue weighted by molar-refractivity contribution is 0.0172. The molecule has 1 aliphatic rings. The fourth-order valence-corrected chi connectivity index (χ4v) is 4.83. The molecule has 1 atom stereocenters. The third kappa shape index (κ3) is 5.14. The Hall–Kier alpha value is -1.32. The van der Waals surface area contributed by atoms with E-state index in [1.807, 2.05) is 31.2 Å². The molecule has 1 aliphatic heterocycles. The van der Waals surface area contributed by atoms with Crippen LogP contribution in [-0.4, -0.2) is 46.2 Å². The predicted molar refractivity (Wildman–Crippen MR) is 106 cm³/mol. The summed E-state index contributed by atoms with van der Waals surface area (Å²) in [6.45, 7) is 4.79. The van der Waals surface area contributed by atoms with Crippen molar-refractivity contribution in [2.24, 2.45) is 0 Å². The number of hydrogen-bond donors (Lipinski definition) is 1. The van der Waals surface area contributed by atoms with Crippen LogP contribution in [0.4, 0.5) is 4.39 Å². The molecule has 0 amide bonds. The van der Waals surface area contributed by atoms with E-state index in [0.29, 0.717) is 30.8 Å². The summed E-state index contributed by atoms with van der Waals surface area (Å²) in [6.07, 6.45) is 0. The summed E-state index contributed by atoms with van der Waals surface area (Å²) < 4.78 is 47.9. The Morgan fingerprint density at radius 2 is 1.96 bits per heavy atom. The van der Waals surface area contributed by atoms with Crippen LogP contribution in [0.5, 0.6) is 0 Å². The third-order valence-electron chi connectivity index (χ3n) is 4.56. The monoisotopic (exact) mass is 456 g/mol. The molecule has 1 N–H and O–H groups in total. The molecule has 27 heavy (non-hydrogen) atoms. The van der Waals surface area contributed by atoms with Gasteiger partial charge in [0.25, 0.3) is 0 Å². The molecule has 3 rings (SSSR count). The molecular formula is C19H22BrFN2O3S. The Kier molecular flexibility index (Phi) is 6.65. The van der Waals surface area contributed by atoms with Gasteiger partial charge in [0.2, 0.25) is 10.0 Å². The van der Waals surface area contributed by atoms with Crippen LogP contribution in [0.25, 0.3) is 0 Å². The minimum atomic E-state index is -3.98. The summed E-state index contributed by atoms with van der Waals surface area (Å²) >= 11 is 3.20. The maximum atomic E-state index is 14.1. The highest BCUT2D eigenvalue weighted by molar-refractivity contribution is 9.10. The third-order valence-corrected chi connectivity index (χ3v) is 6.49. The fraction of sp³-hybridized carbons (Fsp3) is 0.368. The van der Waals surface area contributed by atoms with Gasteiger partial charge in [-0.25, -0.2) is 17.5 Å². The number of nitrogens with one attached hydrogen (secondary N) is 1. The minimum absolute atomic E-state index is 0.151. The van der Waals surface area contributed by atoms with Crippen LogP contribution >= 0.6 is 15.9 Å². The van der Waals surface area contributed by atoms with Gasteiger partial charge in [0.05, 0.1) is 13.2 Å². The van der Waals surface area contributed by atoms with Gasteiger partial charge in [-0.05, 0) is 30.7 Å². The van der Waals surface area contributed by atoms with E-state index in [4.69, 9.17) is 4.74 Å². The number of benzene rings is 2. The zero-order valence-corrected chi connectivity index (χ0v) is 17.4. The number of hydrogen-bond acceptors (Lipinski definition) is 4. The maximum Gasteiger partial charge on any atom is 0.243 e. The number of morpholine rings is 1. The van der Waals surface area contributed by atoms with Crippen molar-refractivity contribution in [1.82, 2.24) is 9.62 Å². The average molecular weight is 457 g/mol. The van der Waals surface area contributed by atoms with E-state index in [-0.39, 0.29) is 17.5 Å². The molecular weight excluding hydrogens is 435 g/mol. The second kappa shape index (κ2) is 8.79. The maximum absolute atomic E-state index is 14.1. The smallest absolute Gasteiger partial charge is 0.243 e. The molecule has 1 fully saturated rings. The molecule has 1 unspecified atom stereocenters. The second-order valence-corrected chi connectivity index (χ2v) is 9.16. The topological polar surface area (TPSA) is 58.6 Å². The SMILES string of the molecule is Cc1cccc(C(CNS(=O)(=O)c2cc(Br)ccc2F)N2CCOCC2)c1. The Morgan fingerprint density at radius 1 is 1.22 bits per heavy atom. The van der Waals surface area contributed by atoms with E-state index in [1.165, 1.54) is 12.1 Å². The first-order valence-corrected chi connectivity index (χ1v) is 11.0. The summed E-state index contributed by atoms with van der Waals surface area (Å²) in [5.41, 5.74) is 2.13. The zero-order valence-electron chi connectivity index (χ0n) is 15.0. The normalized spacial score (nSPS) is 17.0. The number of sulfonamides is 1. The molecule has 8 heteroatoms. The molecule has 0 aromatic heterocycles. The molecule has 146 valence electrons. The number of halogens is 2. The Labute approximate surface area is 167 Å². The number of rotatable bonds is 6. The van der Waals surface area contributed by atoms with Crippen LogP contribution in [0, 0.1) is 12.7 Å². The molecule has 2 aromatic rings. The molecule has 0 aliphatic carbocycles. The van der Waals surface area contributed by atoms with Gasteiger partial charge < -0.3 is 4.74 Å². The van der Waals surface area contributed by atoms with Crippen LogP contribution in [0.2, 0.25) is 0 Å². The minimum Gasteiger partial charge on any atom is -0.379 e. The fourth-order valence-electron chi connectivity index (χ4n) is 3.17. The molecule has 0 saturated carbocycles. The molecule has 2 aromatic carbocycles. The van der Waals surface area contributed by atoms with Crippen LogP contribution in [0.1, 0.15) is 17.2 Å². The summed E-state index contributed by atoms with van der Waals surface area (Å²) in [4.78, 5) is 1.83. The zero-order chi connectivity index (χ0) is 19.4. The van der Waals surface area contributed by atoms with Crippen molar-refractivity contribution in [1.29, 1.82) is 0 Å². The van der Waals surface area contributed by atoms with Crippen molar-refractivity contribution >= 4 is 26.0 Å². The predicted octanol–water partition coefficient (Wildman–Crippen LogP) is 3.25. The summed E-state index contributed by atoms with van der Waals surface area (Å²) in [7, 11) is -3.98. The van der Waals surface area contributed by atoms with Crippen molar-refractivity contribution < 1.29 is 17.5 Å². The summed E-state index contributed by atoms with van der Waals surface area (Å²) in [6, 6.07) is 11.7. The van der Waals surface area contributed by atoms with Crippen molar-refractivity contribution in [2.45, 2.75) is 17.9 Å². The van der Waals surface area contributed by atoms with Gasteiger partial charge in [-0.15, -0.1) is 0 Å². The van der Waals surface area contributed by atoms with Gasteiger partial charge in [-0.3, -0.25) is 4.90 Å². The van der Waals surface area contributed by atoms with Crippen molar-refractivity contribution in [2.75, 3.05) is 32.8 Å². The van der Waals surface area contributed by atoms with E-state index in [0.717, 1.165) is 17.2 Å². The summed E-state index contributed by atoms with van der Waals surface area (Å²) in [5.74, 6) is -0.774. The van der Waals surface area contributed by atoms with Crippen LogP contribution in [-0.2, 0) is 14.8 Å². The number of ether oxygens (including phenoxy) is 1. The first kappa shape index (κ1) is 20.4. The van der Waals surface area contributed by atoms with Crippen molar-refractivity contribution in [3.63, 3.8) is 0 Å². The Balaban J connectivity index is 1.84. The molecule has 0 bridgehead atoms. The lowest BCUT2D eigenvalue weighted by atomic mass is 10.0. The van der Waals surface area contributed by atoms with E-state index >= 15 is 0 Å². The van der Waals surface area contributed by atoms with Crippen molar-refractivity contribution in [3.05, 3.63) is 63.9 Å². The second-order valence-electron chi connectivity index (χ2n) is 6.50. The van der Waals surface area contributed by atoms with Gasteiger partial charge in [-0.2, -0.15) is 0 Å². The van der Waals surface area contributed by atoms with E-state index < -0.39 is 15.8 Å². The molecule has 1 saturated heterocycles. The van der Waals surface area contributed by atoms with Gasteiger partial charge in [0.15, 0.2) is 0 Å². The van der Waals surface area contributed by atoms with E-state index in [1.54, 1.807) is 0 Å². The highest BCUT2D eigenvalue weighted by atomic mass is 79.9. The first-order chi connectivity index (χ1) is 12.9. The quantitative estimate of drug-likeness (QED) is 0.724. The first-order valence-electron chi connectivity index (χ1n) is 8.70. The molecule has 0 radical (unpaired) electrons. The van der Waals surface area contributed by atoms with E-state index in [9.17, 15) is 12.8 Å². The van der Waals surface area contributed by atoms with Crippen LogP contribution < -0.4 is 4.72 Å².